The molecule has 0 aliphatic rings. The van der Waals surface area contributed by atoms with Crippen molar-refractivity contribution in [2.75, 3.05) is 20.8 Å². The van der Waals surface area contributed by atoms with Gasteiger partial charge in [-0.05, 0) is 36.7 Å². The summed E-state index contributed by atoms with van der Waals surface area (Å²) in [5.41, 5.74) is 1.54. The maximum absolute atomic E-state index is 12.6. The number of hydrogen-bond acceptors (Lipinski definition) is 4. The molecular weight excluding hydrogens is 328 g/mol. The first-order valence-electron chi connectivity index (χ1n) is 6.88. The van der Waals surface area contributed by atoms with Gasteiger partial charge in [0.25, 0.3) is 0 Å². The Morgan fingerprint density at radius 3 is 2.57 bits per heavy atom. The van der Waals surface area contributed by atoms with Gasteiger partial charge in [-0.3, -0.25) is 0 Å². The summed E-state index contributed by atoms with van der Waals surface area (Å²) in [5.74, 6) is 1.36. The zero-order chi connectivity index (χ0) is 15.9. The van der Waals surface area contributed by atoms with Gasteiger partial charge >= 0.3 is 6.55 Å². The number of nitrogens with zero attached hydrogens (tertiary/aromatic N) is 2. The molecule has 0 aliphatic heterocycles. The van der Waals surface area contributed by atoms with E-state index >= 15 is 0 Å². The Hall–Kier alpha value is -1.86. The normalized spacial score (nSPS) is 10.5. The Bertz CT molecular complexity index is 608. The van der Waals surface area contributed by atoms with E-state index in [2.05, 4.69) is 10.4 Å². The van der Waals surface area contributed by atoms with Crippen LogP contribution in [0.15, 0.2) is 30.5 Å². The molecule has 1 aromatic carbocycles. The number of nitrogens with one attached hydrogen (secondary N) is 1. The SMILES string of the molecule is COc1ccc(CCNCc2ccnn2C(F)F)cc1OC.Cl. The van der Waals surface area contributed by atoms with Crippen molar-refractivity contribution in [1.82, 2.24) is 15.1 Å². The van der Waals surface area contributed by atoms with E-state index in [9.17, 15) is 8.78 Å². The third-order valence-electron chi connectivity index (χ3n) is 3.28. The number of ether oxygens (including phenoxy) is 2. The summed E-state index contributed by atoms with van der Waals surface area (Å²) < 4.78 is 36.4. The van der Waals surface area contributed by atoms with Gasteiger partial charge in [0.2, 0.25) is 0 Å². The standard InChI is InChI=1S/C15H19F2N3O2.ClH/c1-21-13-4-3-11(9-14(13)22-2)5-7-18-10-12-6-8-19-20(12)15(16)17;/h3-4,6,8-9,15,18H,5,7,10H2,1-2H3;1H. The Morgan fingerprint density at radius 2 is 1.91 bits per heavy atom. The molecule has 8 heteroatoms. The lowest BCUT2D eigenvalue weighted by Crippen LogP contribution is -2.19. The molecule has 0 spiro atoms. The third-order valence-corrected chi connectivity index (χ3v) is 3.28. The van der Waals surface area contributed by atoms with E-state index in [1.807, 2.05) is 18.2 Å². The van der Waals surface area contributed by atoms with Crippen LogP contribution in [-0.4, -0.2) is 30.5 Å². The van der Waals surface area contributed by atoms with Gasteiger partial charge < -0.3 is 14.8 Å². The van der Waals surface area contributed by atoms with E-state index < -0.39 is 6.55 Å². The topological polar surface area (TPSA) is 48.3 Å². The molecule has 1 heterocycles. The van der Waals surface area contributed by atoms with Gasteiger partial charge in [-0.25, -0.2) is 4.68 Å². The lowest BCUT2D eigenvalue weighted by Gasteiger charge is -2.10. The predicted molar refractivity (Wildman–Crippen MR) is 85.7 cm³/mol. The van der Waals surface area contributed by atoms with E-state index in [-0.39, 0.29) is 12.4 Å². The molecule has 1 aromatic heterocycles. The largest absolute Gasteiger partial charge is 0.493 e. The highest BCUT2D eigenvalue weighted by atomic mass is 35.5. The van der Waals surface area contributed by atoms with Gasteiger partial charge in [0.15, 0.2) is 11.5 Å². The van der Waals surface area contributed by atoms with Crippen LogP contribution >= 0.6 is 12.4 Å². The van der Waals surface area contributed by atoms with Crippen molar-refractivity contribution in [2.24, 2.45) is 0 Å². The summed E-state index contributed by atoms with van der Waals surface area (Å²) in [5, 5.41) is 6.72. The molecule has 23 heavy (non-hydrogen) atoms. The smallest absolute Gasteiger partial charge is 0.333 e. The highest BCUT2D eigenvalue weighted by Crippen LogP contribution is 2.27. The average Bonchev–Trinajstić information content (AvgIpc) is 3.00. The van der Waals surface area contributed by atoms with Gasteiger partial charge in [-0.15, -0.1) is 12.4 Å². The van der Waals surface area contributed by atoms with Crippen molar-refractivity contribution in [3.63, 3.8) is 0 Å². The highest BCUT2D eigenvalue weighted by molar-refractivity contribution is 5.85. The minimum absolute atomic E-state index is 0. The summed E-state index contributed by atoms with van der Waals surface area (Å²) in [6.07, 6.45) is 2.13. The minimum Gasteiger partial charge on any atom is -0.493 e. The Labute approximate surface area is 140 Å². The molecule has 0 aliphatic carbocycles. The molecule has 5 nitrogen and oxygen atoms in total. The summed E-state index contributed by atoms with van der Waals surface area (Å²) in [6.45, 7) is -1.61. The lowest BCUT2D eigenvalue weighted by molar-refractivity contribution is 0.0531. The molecule has 0 amide bonds. The molecular formula is C15H20ClF2N3O2. The van der Waals surface area contributed by atoms with Gasteiger partial charge in [-0.1, -0.05) is 6.07 Å². The number of benzene rings is 1. The van der Waals surface area contributed by atoms with Crippen LogP contribution in [0.1, 0.15) is 17.8 Å². The first-order chi connectivity index (χ1) is 10.7. The first-order valence-corrected chi connectivity index (χ1v) is 6.88. The van der Waals surface area contributed by atoms with Gasteiger partial charge in [0.1, 0.15) is 0 Å². The maximum atomic E-state index is 12.6. The van der Waals surface area contributed by atoms with Crippen LogP contribution < -0.4 is 14.8 Å². The number of alkyl halides is 2. The predicted octanol–water partition coefficient (Wildman–Crippen LogP) is 3.05. The number of halogens is 3. The molecule has 0 bridgehead atoms. The van der Waals surface area contributed by atoms with Crippen molar-refractivity contribution in [2.45, 2.75) is 19.5 Å². The van der Waals surface area contributed by atoms with Gasteiger partial charge in [0, 0.05) is 12.7 Å². The third kappa shape index (κ3) is 5.07. The van der Waals surface area contributed by atoms with Crippen LogP contribution in [0.3, 0.4) is 0 Å². The van der Waals surface area contributed by atoms with Crippen molar-refractivity contribution in [3.05, 3.63) is 41.7 Å². The van der Waals surface area contributed by atoms with Crippen LogP contribution in [0.2, 0.25) is 0 Å². The molecule has 0 unspecified atom stereocenters. The van der Waals surface area contributed by atoms with E-state index in [0.29, 0.717) is 35.0 Å². The van der Waals surface area contributed by atoms with Crippen LogP contribution in [0.25, 0.3) is 0 Å². The number of hydrogen-bond donors (Lipinski definition) is 1. The van der Waals surface area contributed by atoms with Gasteiger partial charge in [-0.2, -0.15) is 13.9 Å². The fourth-order valence-corrected chi connectivity index (χ4v) is 2.14. The number of rotatable bonds is 8. The fourth-order valence-electron chi connectivity index (χ4n) is 2.14. The molecule has 0 saturated heterocycles. The summed E-state index contributed by atoms with van der Waals surface area (Å²) >= 11 is 0. The zero-order valence-electron chi connectivity index (χ0n) is 13.0. The Kier molecular flexibility index (Phi) is 7.77. The quantitative estimate of drug-likeness (QED) is 0.746. The fraction of sp³-hybridized carbons (Fsp3) is 0.400. The second-order valence-corrected chi connectivity index (χ2v) is 4.66. The van der Waals surface area contributed by atoms with E-state index in [1.54, 1.807) is 20.3 Å². The molecule has 128 valence electrons. The van der Waals surface area contributed by atoms with Crippen molar-refractivity contribution < 1.29 is 18.3 Å². The Morgan fingerprint density at radius 1 is 1.17 bits per heavy atom. The van der Waals surface area contributed by atoms with E-state index in [1.165, 1.54) is 6.20 Å². The van der Waals surface area contributed by atoms with Gasteiger partial charge in [0.05, 0.1) is 19.9 Å². The van der Waals surface area contributed by atoms with Crippen molar-refractivity contribution in [1.29, 1.82) is 0 Å². The monoisotopic (exact) mass is 347 g/mol. The van der Waals surface area contributed by atoms with Crippen LogP contribution in [-0.2, 0) is 13.0 Å². The van der Waals surface area contributed by atoms with Crippen LogP contribution in [0.4, 0.5) is 8.78 Å². The molecule has 0 atom stereocenters. The summed E-state index contributed by atoms with van der Waals surface area (Å²) in [6, 6.07) is 7.28. The molecule has 0 saturated carbocycles. The Balaban J connectivity index is 0.00000264. The molecule has 1 N–H and O–H groups in total. The zero-order valence-corrected chi connectivity index (χ0v) is 13.8. The maximum Gasteiger partial charge on any atom is 0.333 e. The van der Waals surface area contributed by atoms with Crippen molar-refractivity contribution >= 4 is 12.4 Å². The van der Waals surface area contributed by atoms with Crippen molar-refractivity contribution in [3.8, 4) is 11.5 Å². The lowest BCUT2D eigenvalue weighted by atomic mass is 10.1. The minimum atomic E-state index is -2.61. The summed E-state index contributed by atoms with van der Waals surface area (Å²) in [7, 11) is 3.18. The highest BCUT2D eigenvalue weighted by Gasteiger charge is 2.10. The summed E-state index contributed by atoms with van der Waals surface area (Å²) in [4.78, 5) is 0. The second kappa shape index (κ2) is 9.32. The average molecular weight is 348 g/mol. The first kappa shape index (κ1) is 19.2. The van der Waals surface area contributed by atoms with E-state index in [4.69, 9.17) is 9.47 Å². The second-order valence-electron chi connectivity index (χ2n) is 4.66. The molecule has 2 rings (SSSR count). The number of methoxy groups -OCH3 is 2. The molecule has 2 aromatic rings. The van der Waals surface area contributed by atoms with Crippen LogP contribution in [0, 0.1) is 0 Å². The number of aromatic nitrogens is 2. The van der Waals surface area contributed by atoms with E-state index in [0.717, 1.165) is 12.0 Å². The molecule has 0 radical (unpaired) electrons. The molecule has 0 fully saturated rings. The van der Waals surface area contributed by atoms with Crippen LogP contribution in [0.5, 0.6) is 11.5 Å².